The second-order valence-corrected chi connectivity index (χ2v) is 9.00. The lowest BCUT2D eigenvalue weighted by Gasteiger charge is -2.39. The molecule has 0 aliphatic heterocycles. The molecule has 1 aromatic carbocycles. The molecule has 3 unspecified atom stereocenters. The number of carbonyl (C=O) groups is 3. The predicted octanol–water partition coefficient (Wildman–Crippen LogP) is 3.56. The summed E-state index contributed by atoms with van der Waals surface area (Å²) >= 11 is 0. The molecule has 0 saturated heterocycles. The minimum atomic E-state index is -0.977. The monoisotopic (exact) mass is 414 g/mol. The van der Waals surface area contributed by atoms with Gasteiger partial charge in [0.25, 0.3) is 0 Å². The van der Waals surface area contributed by atoms with Gasteiger partial charge in [0.15, 0.2) is 11.6 Å². The van der Waals surface area contributed by atoms with E-state index in [-0.39, 0.29) is 59.2 Å². The number of benzene rings is 1. The van der Waals surface area contributed by atoms with Gasteiger partial charge in [-0.1, -0.05) is 19.9 Å². The van der Waals surface area contributed by atoms with Crippen LogP contribution >= 0.6 is 0 Å². The number of aryl methyl sites for hydroxylation is 1. The van der Waals surface area contributed by atoms with Crippen molar-refractivity contribution in [2.24, 2.45) is 17.8 Å². The average molecular weight is 414 g/mol. The molecule has 2 aliphatic rings. The minimum absolute atomic E-state index is 0.0813. The first-order chi connectivity index (χ1) is 14.1. The first-order valence-electron chi connectivity index (χ1n) is 10.5. The van der Waals surface area contributed by atoms with Crippen molar-refractivity contribution in [2.75, 3.05) is 6.61 Å². The Bertz CT molecular complexity index is 940. The van der Waals surface area contributed by atoms with Crippen molar-refractivity contribution in [1.82, 2.24) is 0 Å². The second-order valence-electron chi connectivity index (χ2n) is 9.00. The Hall–Kier alpha value is -2.47. The normalized spacial score (nSPS) is 23.4. The van der Waals surface area contributed by atoms with Gasteiger partial charge < -0.3 is 15.3 Å². The molecule has 0 aromatic heterocycles. The maximum absolute atomic E-state index is 13.5. The Kier molecular flexibility index (Phi) is 6.18. The predicted molar refractivity (Wildman–Crippen MR) is 112 cm³/mol. The fourth-order valence-electron chi connectivity index (χ4n) is 5.16. The van der Waals surface area contributed by atoms with Gasteiger partial charge in [0.2, 0.25) is 0 Å². The van der Waals surface area contributed by atoms with Crippen LogP contribution in [0.4, 0.5) is 0 Å². The molecule has 0 radical (unpaired) electrons. The number of fused-ring (bicyclic) bond motifs is 2. The lowest BCUT2D eigenvalue weighted by Crippen LogP contribution is -2.39. The number of Topliss-reactive ketones (excluding diaryl/α,β-unsaturated/α-hetero) is 3. The van der Waals surface area contributed by atoms with Gasteiger partial charge in [-0.25, -0.2) is 0 Å². The third-order valence-corrected chi connectivity index (χ3v) is 6.48. The van der Waals surface area contributed by atoms with E-state index in [2.05, 4.69) is 0 Å². The van der Waals surface area contributed by atoms with E-state index in [0.717, 1.165) is 11.1 Å². The third-order valence-electron chi connectivity index (χ3n) is 6.48. The van der Waals surface area contributed by atoms with Gasteiger partial charge in [-0.2, -0.15) is 0 Å². The number of aliphatic hydroxyl groups is 2. The summed E-state index contributed by atoms with van der Waals surface area (Å²) in [5, 5.41) is 31.2. The summed E-state index contributed by atoms with van der Waals surface area (Å²) in [6.45, 7) is 6.97. The van der Waals surface area contributed by atoms with Crippen LogP contribution < -0.4 is 0 Å². The Morgan fingerprint density at radius 1 is 1.23 bits per heavy atom. The number of rotatable bonds is 6. The standard InChI is InChI=1S/C24H30O6/c1-11(2)16-7-12(3)22(28)21-17(16)10-15-9-14(5-6-25)19(18(27)8-13(4)26)23(29)20(15)24(21)30/h7,11,14-15,19,25,28-29H,5-6,8-10H2,1-4H3. The van der Waals surface area contributed by atoms with Gasteiger partial charge in [0.05, 0.1) is 17.9 Å². The summed E-state index contributed by atoms with van der Waals surface area (Å²) in [6, 6.07) is 1.91. The zero-order valence-corrected chi connectivity index (χ0v) is 18.0. The van der Waals surface area contributed by atoms with Crippen LogP contribution in [0, 0.1) is 24.7 Å². The molecular weight excluding hydrogens is 384 g/mol. The minimum Gasteiger partial charge on any atom is -0.511 e. The van der Waals surface area contributed by atoms with E-state index in [1.54, 1.807) is 6.92 Å². The molecule has 0 saturated carbocycles. The second kappa shape index (κ2) is 8.34. The van der Waals surface area contributed by atoms with Gasteiger partial charge in [0.1, 0.15) is 17.3 Å². The number of aromatic hydroxyl groups is 1. The first kappa shape index (κ1) is 22.2. The molecule has 0 amide bonds. The van der Waals surface area contributed by atoms with Gasteiger partial charge in [-0.15, -0.1) is 0 Å². The lowest BCUT2D eigenvalue weighted by molar-refractivity contribution is -0.129. The number of aliphatic hydroxyl groups excluding tert-OH is 2. The van der Waals surface area contributed by atoms with Gasteiger partial charge in [-0.3, -0.25) is 14.4 Å². The van der Waals surface area contributed by atoms with Gasteiger partial charge in [-0.05, 0) is 67.6 Å². The molecule has 162 valence electrons. The van der Waals surface area contributed by atoms with E-state index in [4.69, 9.17) is 0 Å². The molecule has 3 N–H and O–H groups in total. The number of carbonyl (C=O) groups excluding carboxylic acids is 3. The molecule has 0 fully saturated rings. The fraction of sp³-hybridized carbons (Fsp3) is 0.542. The highest BCUT2D eigenvalue weighted by Crippen LogP contribution is 2.48. The molecule has 0 heterocycles. The summed E-state index contributed by atoms with van der Waals surface area (Å²) in [5.74, 6) is -3.00. The SMILES string of the molecule is CC(=O)CC(=O)C1C(O)=C2C(=O)c3c(O)c(C)cc(C(C)C)c3CC2CC1CCO. The van der Waals surface area contributed by atoms with Crippen molar-refractivity contribution in [3.8, 4) is 5.75 Å². The third kappa shape index (κ3) is 3.69. The highest BCUT2D eigenvalue weighted by atomic mass is 16.3. The molecule has 0 spiro atoms. The van der Waals surface area contributed by atoms with E-state index >= 15 is 0 Å². The van der Waals surface area contributed by atoms with Crippen LogP contribution in [0.2, 0.25) is 0 Å². The zero-order valence-electron chi connectivity index (χ0n) is 18.0. The Morgan fingerprint density at radius 2 is 1.90 bits per heavy atom. The number of allylic oxidation sites excluding steroid dienone is 2. The maximum atomic E-state index is 13.5. The Balaban J connectivity index is 2.17. The smallest absolute Gasteiger partial charge is 0.196 e. The number of hydrogen-bond acceptors (Lipinski definition) is 6. The molecule has 2 aliphatic carbocycles. The molecule has 30 heavy (non-hydrogen) atoms. The van der Waals surface area contributed by atoms with Crippen molar-refractivity contribution in [1.29, 1.82) is 0 Å². The number of ketones is 3. The molecular formula is C24H30O6. The van der Waals surface area contributed by atoms with E-state index in [1.807, 2.05) is 19.9 Å². The highest BCUT2D eigenvalue weighted by Gasteiger charge is 2.46. The van der Waals surface area contributed by atoms with E-state index in [1.165, 1.54) is 6.92 Å². The first-order valence-corrected chi connectivity index (χ1v) is 10.5. The van der Waals surface area contributed by atoms with E-state index in [9.17, 15) is 29.7 Å². The molecule has 3 rings (SSSR count). The summed E-state index contributed by atoms with van der Waals surface area (Å²) in [4.78, 5) is 37.7. The van der Waals surface area contributed by atoms with Crippen LogP contribution in [-0.4, -0.2) is 39.3 Å². The molecule has 0 bridgehead atoms. The average Bonchev–Trinajstić information content (AvgIpc) is 2.63. The van der Waals surface area contributed by atoms with Crippen LogP contribution in [0.3, 0.4) is 0 Å². The lowest BCUT2D eigenvalue weighted by atomic mass is 9.64. The van der Waals surface area contributed by atoms with Gasteiger partial charge >= 0.3 is 0 Å². The van der Waals surface area contributed by atoms with E-state index < -0.39 is 17.5 Å². The Labute approximate surface area is 176 Å². The van der Waals surface area contributed by atoms with E-state index in [0.29, 0.717) is 24.8 Å². The number of phenols is 1. The van der Waals surface area contributed by atoms with Crippen molar-refractivity contribution in [3.05, 3.63) is 39.7 Å². The topological polar surface area (TPSA) is 112 Å². The Morgan fingerprint density at radius 3 is 2.47 bits per heavy atom. The summed E-state index contributed by atoms with van der Waals surface area (Å²) in [7, 11) is 0. The largest absolute Gasteiger partial charge is 0.511 e. The quantitative estimate of drug-likeness (QED) is 0.614. The fourth-order valence-corrected chi connectivity index (χ4v) is 5.16. The summed E-state index contributed by atoms with van der Waals surface area (Å²) in [6.07, 6.45) is 0.934. The van der Waals surface area contributed by atoms with Crippen molar-refractivity contribution < 1.29 is 29.7 Å². The van der Waals surface area contributed by atoms with Crippen LogP contribution in [0.5, 0.6) is 5.75 Å². The molecule has 1 aromatic rings. The summed E-state index contributed by atoms with van der Waals surface area (Å²) in [5.41, 5.74) is 2.79. The van der Waals surface area contributed by atoms with Crippen molar-refractivity contribution in [2.45, 2.75) is 59.3 Å². The van der Waals surface area contributed by atoms with Crippen molar-refractivity contribution >= 4 is 17.3 Å². The summed E-state index contributed by atoms with van der Waals surface area (Å²) < 4.78 is 0. The molecule has 6 nitrogen and oxygen atoms in total. The van der Waals surface area contributed by atoms with Crippen LogP contribution in [-0.2, 0) is 16.0 Å². The molecule has 6 heteroatoms. The van der Waals surface area contributed by atoms with Gasteiger partial charge in [0, 0.05) is 12.2 Å². The number of hydrogen-bond donors (Lipinski definition) is 3. The van der Waals surface area contributed by atoms with Crippen LogP contribution in [0.1, 0.15) is 73.0 Å². The number of phenolic OH excluding ortho intramolecular Hbond substituents is 1. The van der Waals surface area contributed by atoms with Crippen LogP contribution in [0.15, 0.2) is 17.4 Å². The van der Waals surface area contributed by atoms with Crippen molar-refractivity contribution in [3.63, 3.8) is 0 Å². The maximum Gasteiger partial charge on any atom is 0.196 e. The molecule has 3 atom stereocenters. The van der Waals surface area contributed by atoms with Crippen LogP contribution in [0.25, 0.3) is 0 Å². The highest BCUT2D eigenvalue weighted by molar-refractivity contribution is 6.14. The zero-order chi connectivity index (χ0) is 22.3.